The number of rotatable bonds is 6. The number of hydrogen-bond donors (Lipinski definition) is 3. The van der Waals surface area contributed by atoms with Crippen LogP contribution in [0.15, 0.2) is 0 Å². The summed E-state index contributed by atoms with van der Waals surface area (Å²) < 4.78 is 0. The minimum Gasteiger partial charge on any atom is -0.394 e. The third-order valence-electron chi connectivity index (χ3n) is 3.58. The molecule has 2 unspecified atom stereocenters. The van der Waals surface area contributed by atoms with E-state index in [4.69, 9.17) is 0 Å². The predicted octanol–water partition coefficient (Wildman–Crippen LogP) is 1.04. The molecule has 1 amide bonds. The van der Waals surface area contributed by atoms with E-state index >= 15 is 0 Å². The number of nitrogens with one attached hydrogen (secondary N) is 2. The van der Waals surface area contributed by atoms with Crippen LogP contribution in [-0.4, -0.2) is 36.2 Å². The van der Waals surface area contributed by atoms with E-state index in [9.17, 15) is 9.90 Å². The van der Waals surface area contributed by atoms with Crippen molar-refractivity contribution in [2.24, 2.45) is 5.92 Å². The van der Waals surface area contributed by atoms with Gasteiger partial charge in [0, 0.05) is 13.0 Å². The molecule has 0 aromatic heterocycles. The normalized spacial score (nSPS) is 29.0. The van der Waals surface area contributed by atoms with E-state index in [1.54, 1.807) is 0 Å². The number of carbonyl (C=O) groups is 1. The topological polar surface area (TPSA) is 61.4 Å². The first-order valence-corrected chi connectivity index (χ1v) is 6.74. The van der Waals surface area contributed by atoms with E-state index in [-0.39, 0.29) is 18.1 Å². The lowest BCUT2D eigenvalue weighted by atomic mass is 9.77. The van der Waals surface area contributed by atoms with Crippen LogP contribution in [0.3, 0.4) is 0 Å². The van der Waals surface area contributed by atoms with Gasteiger partial charge in [-0.15, -0.1) is 0 Å². The molecule has 1 aliphatic carbocycles. The molecule has 0 aromatic carbocycles. The highest BCUT2D eigenvalue weighted by Crippen LogP contribution is 2.31. The zero-order valence-electron chi connectivity index (χ0n) is 11.1. The molecule has 1 fully saturated rings. The van der Waals surface area contributed by atoms with Crippen LogP contribution < -0.4 is 10.6 Å². The number of amides is 1. The van der Waals surface area contributed by atoms with Gasteiger partial charge in [0.25, 0.3) is 0 Å². The Morgan fingerprint density at radius 2 is 2.29 bits per heavy atom. The van der Waals surface area contributed by atoms with Crippen molar-refractivity contribution in [3.8, 4) is 0 Å². The Hall–Kier alpha value is -0.610. The summed E-state index contributed by atoms with van der Waals surface area (Å²) >= 11 is 0. The fourth-order valence-corrected chi connectivity index (χ4v) is 2.69. The number of aliphatic hydroxyl groups is 1. The zero-order chi connectivity index (χ0) is 12.7. The third-order valence-corrected chi connectivity index (χ3v) is 3.58. The Kier molecular flexibility index (Phi) is 5.92. The molecule has 0 spiro atoms. The lowest BCUT2D eigenvalue weighted by Gasteiger charge is -2.39. The summed E-state index contributed by atoms with van der Waals surface area (Å²) in [7, 11) is 0. The van der Waals surface area contributed by atoms with E-state index in [2.05, 4.69) is 17.6 Å². The van der Waals surface area contributed by atoms with E-state index in [0.717, 1.165) is 25.8 Å². The van der Waals surface area contributed by atoms with E-state index in [1.165, 1.54) is 6.42 Å². The molecule has 3 N–H and O–H groups in total. The first kappa shape index (κ1) is 14.5. The Morgan fingerprint density at radius 3 is 2.88 bits per heavy atom. The van der Waals surface area contributed by atoms with Crippen LogP contribution in [0.25, 0.3) is 0 Å². The highest BCUT2D eigenvalue weighted by molar-refractivity contribution is 5.77. The standard InChI is InChI=1S/C13H26N2O2/c1-3-14-8-6-12(17)15-13(10-16)7-4-5-11(2)9-13/h11,14,16H,3-10H2,1-2H3,(H,15,17). The van der Waals surface area contributed by atoms with Crippen molar-refractivity contribution in [3.05, 3.63) is 0 Å². The molecule has 0 heterocycles. The molecule has 4 nitrogen and oxygen atoms in total. The second-order valence-electron chi connectivity index (χ2n) is 5.29. The van der Waals surface area contributed by atoms with Crippen molar-refractivity contribution in [3.63, 3.8) is 0 Å². The van der Waals surface area contributed by atoms with Gasteiger partial charge in [-0.2, -0.15) is 0 Å². The Bertz CT molecular complexity index is 246. The SMILES string of the molecule is CCNCCC(=O)NC1(CO)CCCC(C)C1. The van der Waals surface area contributed by atoms with Gasteiger partial charge >= 0.3 is 0 Å². The van der Waals surface area contributed by atoms with Gasteiger partial charge in [0.1, 0.15) is 0 Å². The van der Waals surface area contributed by atoms with Gasteiger partial charge in [-0.05, 0) is 25.3 Å². The van der Waals surface area contributed by atoms with Gasteiger partial charge in [-0.25, -0.2) is 0 Å². The summed E-state index contributed by atoms with van der Waals surface area (Å²) in [5, 5.41) is 15.7. The van der Waals surface area contributed by atoms with Crippen LogP contribution in [0.5, 0.6) is 0 Å². The van der Waals surface area contributed by atoms with Gasteiger partial charge in [-0.1, -0.05) is 26.7 Å². The minimum atomic E-state index is -0.360. The third kappa shape index (κ3) is 4.64. The van der Waals surface area contributed by atoms with E-state index < -0.39 is 0 Å². The summed E-state index contributed by atoms with van der Waals surface area (Å²) in [6.07, 6.45) is 4.59. The van der Waals surface area contributed by atoms with Crippen molar-refractivity contribution in [2.45, 2.75) is 51.5 Å². The van der Waals surface area contributed by atoms with Crippen LogP contribution in [0.4, 0.5) is 0 Å². The molecule has 0 bridgehead atoms. The summed E-state index contributed by atoms with van der Waals surface area (Å²) in [6.45, 7) is 5.86. The molecule has 0 aliphatic heterocycles. The van der Waals surface area contributed by atoms with Crippen molar-refractivity contribution in [2.75, 3.05) is 19.7 Å². The molecular weight excluding hydrogens is 216 g/mol. The van der Waals surface area contributed by atoms with Gasteiger partial charge in [-0.3, -0.25) is 4.79 Å². The molecule has 100 valence electrons. The molecule has 1 aliphatic rings. The van der Waals surface area contributed by atoms with Gasteiger partial charge < -0.3 is 15.7 Å². The van der Waals surface area contributed by atoms with E-state index in [1.807, 2.05) is 6.92 Å². The maximum Gasteiger partial charge on any atom is 0.221 e. The molecule has 0 radical (unpaired) electrons. The van der Waals surface area contributed by atoms with Gasteiger partial charge in [0.05, 0.1) is 12.1 Å². The highest BCUT2D eigenvalue weighted by Gasteiger charge is 2.35. The van der Waals surface area contributed by atoms with Crippen LogP contribution in [0, 0.1) is 5.92 Å². The van der Waals surface area contributed by atoms with Crippen molar-refractivity contribution >= 4 is 5.91 Å². The summed E-state index contributed by atoms with van der Waals surface area (Å²) in [5.41, 5.74) is -0.360. The largest absolute Gasteiger partial charge is 0.394 e. The predicted molar refractivity (Wildman–Crippen MR) is 68.8 cm³/mol. The summed E-state index contributed by atoms with van der Waals surface area (Å²) in [4.78, 5) is 11.8. The lowest BCUT2D eigenvalue weighted by Crippen LogP contribution is -2.54. The molecule has 0 saturated heterocycles. The van der Waals surface area contributed by atoms with Crippen molar-refractivity contribution in [1.82, 2.24) is 10.6 Å². The van der Waals surface area contributed by atoms with E-state index in [0.29, 0.717) is 18.9 Å². The molecule has 0 aromatic rings. The molecular formula is C13H26N2O2. The van der Waals surface area contributed by atoms with Gasteiger partial charge in [0.2, 0.25) is 5.91 Å². The average Bonchev–Trinajstić information content (AvgIpc) is 2.29. The smallest absolute Gasteiger partial charge is 0.221 e. The minimum absolute atomic E-state index is 0.0501. The monoisotopic (exact) mass is 242 g/mol. The number of aliphatic hydroxyl groups excluding tert-OH is 1. The number of hydrogen-bond acceptors (Lipinski definition) is 3. The van der Waals surface area contributed by atoms with Crippen LogP contribution >= 0.6 is 0 Å². The zero-order valence-corrected chi connectivity index (χ0v) is 11.1. The molecule has 2 atom stereocenters. The average molecular weight is 242 g/mol. The lowest BCUT2D eigenvalue weighted by molar-refractivity contribution is -0.124. The molecule has 1 rings (SSSR count). The van der Waals surface area contributed by atoms with Crippen LogP contribution in [0.2, 0.25) is 0 Å². The second kappa shape index (κ2) is 6.97. The fourth-order valence-electron chi connectivity index (χ4n) is 2.69. The second-order valence-corrected chi connectivity index (χ2v) is 5.29. The molecule has 4 heteroatoms. The molecule has 1 saturated carbocycles. The summed E-state index contributed by atoms with van der Waals surface area (Å²) in [6, 6.07) is 0. The summed E-state index contributed by atoms with van der Waals surface area (Å²) in [5.74, 6) is 0.638. The first-order valence-electron chi connectivity index (χ1n) is 6.74. The quantitative estimate of drug-likeness (QED) is 0.610. The number of carbonyl (C=O) groups excluding carboxylic acids is 1. The van der Waals surface area contributed by atoms with Crippen molar-refractivity contribution < 1.29 is 9.90 Å². The van der Waals surface area contributed by atoms with Gasteiger partial charge in [0.15, 0.2) is 0 Å². The Balaban J connectivity index is 2.42. The maximum atomic E-state index is 11.8. The first-order chi connectivity index (χ1) is 8.12. The molecule has 17 heavy (non-hydrogen) atoms. The van der Waals surface area contributed by atoms with Crippen LogP contribution in [0.1, 0.15) is 46.0 Å². The maximum absolute atomic E-state index is 11.8. The van der Waals surface area contributed by atoms with Crippen LogP contribution in [-0.2, 0) is 4.79 Å². The fraction of sp³-hybridized carbons (Fsp3) is 0.923. The Labute approximate surface area is 104 Å². The Morgan fingerprint density at radius 1 is 1.53 bits per heavy atom. The highest BCUT2D eigenvalue weighted by atomic mass is 16.3. The van der Waals surface area contributed by atoms with Crippen molar-refractivity contribution in [1.29, 1.82) is 0 Å².